The normalized spacial score (nSPS) is 28.6. The van der Waals surface area contributed by atoms with E-state index in [9.17, 15) is 21.6 Å². The minimum absolute atomic E-state index is 0.0587. The van der Waals surface area contributed by atoms with Crippen LogP contribution in [0.15, 0.2) is 0 Å². The summed E-state index contributed by atoms with van der Waals surface area (Å²) in [6, 6.07) is 0. The molecule has 0 aromatic carbocycles. The summed E-state index contributed by atoms with van der Waals surface area (Å²) in [6.07, 6.45) is 5.50. The van der Waals surface area contributed by atoms with Crippen LogP contribution >= 0.6 is 0 Å². The van der Waals surface area contributed by atoms with E-state index in [1.165, 1.54) is 0 Å². The predicted molar refractivity (Wildman–Crippen MR) is 95.9 cm³/mol. The number of hydrogen-bond donors (Lipinski definition) is 1. The largest absolute Gasteiger partial charge is 0.339 e. The monoisotopic (exact) mass is 392 g/mol. The van der Waals surface area contributed by atoms with Crippen molar-refractivity contribution in [2.24, 2.45) is 0 Å². The van der Waals surface area contributed by atoms with Crippen LogP contribution in [0.1, 0.15) is 44.9 Å². The molecular formula is C16H28N2O5S2. The zero-order chi connectivity index (χ0) is 18.3. The van der Waals surface area contributed by atoms with Gasteiger partial charge in [-0.1, -0.05) is 19.3 Å². The molecule has 0 aromatic rings. The summed E-state index contributed by atoms with van der Waals surface area (Å²) < 4.78 is 48.1. The molecule has 25 heavy (non-hydrogen) atoms. The topological polar surface area (TPSA) is 101 Å². The first-order chi connectivity index (χ1) is 11.6. The van der Waals surface area contributed by atoms with E-state index in [-0.39, 0.29) is 31.7 Å². The van der Waals surface area contributed by atoms with Gasteiger partial charge in [0.15, 0.2) is 24.4 Å². The van der Waals surface area contributed by atoms with Crippen LogP contribution in [0, 0.1) is 0 Å². The number of nitrogens with one attached hydrogen (secondary N) is 1. The van der Waals surface area contributed by atoms with Crippen molar-refractivity contribution < 1.29 is 21.6 Å². The molecule has 2 heterocycles. The second kappa shape index (κ2) is 6.49. The first kappa shape index (κ1) is 19.1. The summed E-state index contributed by atoms with van der Waals surface area (Å²) in [5, 5.41) is 3.11. The Morgan fingerprint density at radius 1 is 1.04 bits per heavy atom. The number of sulfone groups is 2. The van der Waals surface area contributed by atoms with Crippen molar-refractivity contribution in [2.75, 3.05) is 38.2 Å². The summed E-state index contributed by atoms with van der Waals surface area (Å²) in [5.41, 5.74) is 0. The zero-order valence-electron chi connectivity index (χ0n) is 14.8. The van der Waals surface area contributed by atoms with Gasteiger partial charge in [0.2, 0.25) is 5.91 Å². The van der Waals surface area contributed by atoms with Gasteiger partial charge >= 0.3 is 0 Å². The van der Waals surface area contributed by atoms with E-state index in [4.69, 9.17) is 0 Å². The lowest BCUT2D eigenvalue weighted by Gasteiger charge is -2.47. The molecule has 0 aromatic heterocycles. The third kappa shape index (κ3) is 3.12. The lowest BCUT2D eigenvalue weighted by molar-refractivity contribution is -0.135. The molecule has 7 nitrogen and oxygen atoms in total. The maximum absolute atomic E-state index is 13.3. The zero-order valence-corrected chi connectivity index (χ0v) is 16.4. The molecule has 0 bridgehead atoms. The van der Waals surface area contributed by atoms with Crippen molar-refractivity contribution in [1.82, 2.24) is 10.2 Å². The predicted octanol–water partition coefficient (Wildman–Crippen LogP) is 0.113. The number of hydrogen-bond acceptors (Lipinski definition) is 6. The van der Waals surface area contributed by atoms with Crippen molar-refractivity contribution in [3.8, 4) is 0 Å². The number of carbonyl (C=O) groups is 1. The molecule has 2 saturated heterocycles. The Balaban J connectivity index is 1.92. The third-order valence-electron chi connectivity index (χ3n) is 6.33. The van der Waals surface area contributed by atoms with Crippen LogP contribution in [-0.2, 0) is 24.5 Å². The van der Waals surface area contributed by atoms with Gasteiger partial charge in [0.25, 0.3) is 0 Å². The average Bonchev–Trinajstić information content (AvgIpc) is 2.57. The number of amides is 1. The number of piperidine rings is 1. The Morgan fingerprint density at radius 3 is 2.20 bits per heavy atom. The Labute approximate surface area is 150 Å². The van der Waals surface area contributed by atoms with Gasteiger partial charge in [0.05, 0.1) is 10.5 Å². The van der Waals surface area contributed by atoms with Crippen molar-refractivity contribution in [2.45, 2.75) is 54.4 Å². The van der Waals surface area contributed by atoms with E-state index in [0.29, 0.717) is 25.9 Å². The Kier molecular flexibility index (Phi) is 4.96. The van der Waals surface area contributed by atoms with Crippen LogP contribution in [0.4, 0.5) is 0 Å². The van der Waals surface area contributed by atoms with E-state index >= 15 is 0 Å². The van der Waals surface area contributed by atoms with Gasteiger partial charge in [0, 0.05) is 19.3 Å². The van der Waals surface area contributed by atoms with E-state index in [0.717, 1.165) is 25.5 Å². The van der Waals surface area contributed by atoms with Crippen molar-refractivity contribution in [3.63, 3.8) is 0 Å². The van der Waals surface area contributed by atoms with Gasteiger partial charge in [-0.05, 0) is 38.8 Å². The summed E-state index contributed by atoms with van der Waals surface area (Å²) in [4.78, 5) is 14.8. The molecule has 0 radical (unpaired) electrons. The maximum atomic E-state index is 13.3. The first-order valence-corrected chi connectivity index (χ1v) is 12.6. The van der Waals surface area contributed by atoms with E-state index < -0.39 is 35.1 Å². The van der Waals surface area contributed by atoms with Crippen LogP contribution in [0.3, 0.4) is 0 Å². The van der Waals surface area contributed by atoms with E-state index in [1.807, 2.05) is 0 Å². The number of carbonyl (C=O) groups excluding carboxylic acids is 1. The van der Waals surface area contributed by atoms with Crippen molar-refractivity contribution >= 4 is 25.6 Å². The highest BCUT2D eigenvalue weighted by atomic mass is 32.2. The fourth-order valence-corrected chi connectivity index (χ4v) is 8.22. The molecule has 1 spiro atoms. The van der Waals surface area contributed by atoms with Gasteiger partial charge < -0.3 is 10.2 Å². The second-order valence-electron chi connectivity index (χ2n) is 7.81. The summed E-state index contributed by atoms with van der Waals surface area (Å²) in [6.45, 7) is 1.22. The average molecular weight is 393 g/mol. The molecule has 9 heteroatoms. The molecule has 3 rings (SSSR count). The highest BCUT2D eigenvalue weighted by molar-refractivity contribution is 7.93. The quantitative estimate of drug-likeness (QED) is 0.716. The molecular weight excluding hydrogens is 364 g/mol. The Bertz CT molecular complexity index is 732. The summed E-state index contributed by atoms with van der Waals surface area (Å²) >= 11 is 0. The fraction of sp³-hybridized carbons (Fsp3) is 0.938. The van der Waals surface area contributed by atoms with E-state index in [2.05, 4.69) is 5.32 Å². The number of nitrogens with zero attached hydrogens (tertiary/aromatic N) is 1. The molecule has 3 fully saturated rings. The maximum Gasteiger partial charge on any atom is 0.244 e. The molecule has 1 aliphatic carbocycles. The molecule has 3 aliphatic rings. The lowest BCUT2D eigenvalue weighted by atomic mass is 9.87. The highest BCUT2D eigenvalue weighted by Crippen LogP contribution is 2.40. The van der Waals surface area contributed by atoms with E-state index in [1.54, 1.807) is 4.90 Å². The van der Waals surface area contributed by atoms with Crippen LogP contribution < -0.4 is 5.32 Å². The molecule has 1 N–H and O–H groups in total. The van der Waals surface area contributed by atoms with Crippen LogP contribution in [0.25, 0.3) is 0 Å². The van der Waals surface area contributed by atoms with Crippen LogP contribution in [0.5, 0.6) is 0 Å². The summed E-state index contributed by atoms with van der Waals surface area (Å²) in [5.74, 6) is -0.451. The molecule has 1 saturated carbocycles. The minimum atomic E-state index is -3.59. The first-order valence-electron chi connectivity index (χ1n) is 9.06. The van der Waals surface area contributed by atoms with Gasteiger partial charge in [-0.25, -0.2) is 16.8 Å². The van der Waals surface area contributed by atoms with Gasteiger partial charge in [-0.15, -0.1) is 0 Å². The van der Waals surface area contributed by atoms with Crippen LogP contribution in [-0.4, -0.2) is 75.3 Å². The molecule has 1 amide bonds. The highest BCUT2D eigenvalue weighted by Gasteiger charge is 2.55. The standard InChI is InChI=1S/C16H28N2O5S2/c1-24(20,21)16(7-9-17-10-8-16)14(19)18-11-12-25(22,23)15(13-18)5-3-2-4-6-15/h17H,2-13H2,1H3. The lowest BCUT2D eigenvalue weighted by Crippen LogP contribution is -2.64. The molecule has 0 unspecified atom stereocenters. The van der Waals surface area contributed by atoms with Gasteiger partial charge in [0.1, 0.15) is 0 Å². The van der Waals surface area contributed by atoms with Crippen molar-refractivity contribution in [1.29, 1.82) is 0 Å². The third-order valence-corrected chi connectivity index (χ3v) is 10.9. The molecule has 144 valence electrons. The fourth-order valence-electron chi connectivity index (χ4n) is 4.67. The number of rotatable bonds is 2. The van der Waals surface area contributed by atoms with Gasteiger partial charge in [-0.3, -0.25) is 4.79 Å². The van der Waals surface area contributed by atoms with Crippen molar-refractivity contribution in [3.05, 3.63) is 0 Å². The molecule has 2 aliphatic heterocycles. The summed E-state index contributed by atoms with van der Waals surface area (Å²) in [7, 11) is -6.84. The van der Waals surface area contributed by atoms with Crippen LogP contribution in [0.2, 0.25) is 0 Å². The minimum Gasteiger partial charge on any atom is -0.339 e. The SMILES string of the molecule is CS(=O)(=O)C1(C(=O)N2CCS(=O)(=O)C3(CCCCC3)C2)CCNCC1. The second-order valence-corrected chi connectivity index (χ2v) is 12.6. The smallest absolute Gasteiger partial charge is 0.244 e. The van der Waals surface area contributed by atoms with Gasteiger partial charge in [-0.2, -0.15) is 0 Å². The Morgan fingerprint density at radius 2 is 1.64 bits per heavy atom. The Hall–Kier alpha value is -0.670. The molecule has 0 atom stereocenters.